The van der Waals surface area contributed by atoms with Crippen LogP contribution in [0.2, 0.25) is 0 Å². The number of fused-ring (bicyclic) bond motifs is 1. The first-order valence-corrected chi connectivity index (χ1v) is 6.28. The molecule has 2 aromatic rings. The second kappa shape index (κ2) is 4.26. The van der Waals surface area contributed by atoms with E-state index in [0.29, 0.717) is 0 Å². The lowest BCUT2D eigenvalue weighted by Crippen LogP contribution is -1.82. The van der Waals surface area contributed by atoms with Crippen LogP contribution in [0.1, 0.15) is 28.5 Å². The summed E-state index contributed by atoms with van der Waals surface area (Å²) in [7, 11) is 0. The number of allylic oxidation sites excluding steroid dienone is 1. The second-order valence-corrected chi connectivity index (χ2v) is 5.05. The van der Waals surface area contributed by atoms with Gasteiger partial charge in [-0.15, -0.1) is 11.3 Å². The Bertz CT molecular complexity index is 571. The van der Waals surface area contributed by atoms with E-state index in [1.165, 1.54) is 31.7 Å². The van der Waals surface area contributed by atoms with Crippen LogP contribution in [0, 0.1) is 13.8 Å². The maximum absolute atomic E-state index is 3.90. The number of benzene rings is 1. The van der Waals surface area contributed by atoms with Gasteiger partial charge in [0.05, 0.1) is 0 Å². The van der Waals surface area contributed by atoms with Gasteiger partial charge in [-0.1, -0.05) is 30.9 Å². The van der Waals surface area contributed by atoms with Crippen molar-refractivity contribution in [3.63, 3.8) is 0 Å². The second-order valence-electron chi connectivity index (χ2n) is 3.96. The largest absolute Gasteiger partial charge is 0.135 e. The fraction of sp³-hybridized carbons (Fsp3) is 0.200. The summed E-state index contributed by atoms with van der Waals surface area (Å²) < 4.78 is 1.35. The van der Waals surface area contributed by atoms with Gasteiger partial charge in [0, 0.05) is 20.5 Å². The first kappa shape index (κ1) is 11.2. The summed E-state index contributed by atoms with van der Waals surface area (Å²) in [5, 5.41) is 1.39. The zero-order valence-electron chi connectivity index (χ0n) is 10.0. The lowest BCUT2D eigenvalue weighted by Gasteiger charge is -2.02. The highest BCUT2D eigenvalue weighted by Gasteiger charge is 2.10. The Kier molecular flexibility index (Phi) is 2.97. The van der Waals surface area contributed by atoms with Crippen LogP contribution in [0.15, 0.2) is 24.8 Å². The van der Waals surface area contributed by atoms with E-state index in [2.05, 4.69) is 51.6 Å². The van der Waals surface area contributed by atoms with Crippen LogP contribution in [-0.4, -0.2) is 0 Å². The molecular formula is C15H16S. The van der Waals surface area contributed by atoms with Gasteiger partial charge >= 0.3 is 0 Å². The van der Waals surface area contributed by atoms with Crippen molar-refractivity contribution in [1.82, 2.24) is 0 Å². The third-order valence-corrected chi connectivity index (χ3v) is 4.14. The van der Waals surface area contributed by atoms with E-state index >= 15 is 0 Å². The molecular weight excluding hydrogens is 212 g/mol. The first-order chi connectivity index (χ1) is 7.69. The van der Waals surface area contributed by atoms with Gasteiger partial charge in [-0.2, -0.15) is 0 Å². The van der Waals surface area contributed by atoms with Crippen LogP contribution < -0.4 is 0 Å². The Hall–Kier alpha value is -1.34. The smallest absolute Gasteiger partial charge is 0.0358 e. The summed E-state index contributed by atoms with van der Waals surface area (Å²) >= 11 is 1.82. The molecule has 0 fully saturated rings. The summed E-state index contributed by atoms with van der Waals surface area (Å²) in [6.45, 7) is 10.3. The predicted octanol–water partition coefficient (Wildman–Crippen LogP) is 5.19. The SMILES string of the molecule is C=Cc1sc2ccc(C)c(C)c2c1/C=C\C. The van der Waals surface area contributed by atoms with Gasteiger partial charge in [0.25, 0.3) is 0 Å². The minimum absolute atomic E-state index is 1.27. The molecule has 0 unspecified atom stereocenters. The Morgan fingerprint density at radius 2 is 2.00 bits per heavy atom. The molecule has 0 bridgehead atoms. The van der Waals surface area contributed by atoms with E-state index in [4.69, 9.17) is 0 Å². The van der Waals surface area contributed by atoms with E-state index in [9.17, 15) is 0 Å². The van der Waals surface area contributed by atoms with Crippen LogP contribution in [0.25, 0.3) is 22.2 Å². The highest BCUT2D eigenvalue weighted by atomic mass is 32.1. The molecule has 0 aliphatic carbocycles. The van der Waals surface area contributed by atoms with Gasteiger partial charge in [0.2, 0.25) is 0 Å². The van der Waals surface area contributed by atoms with Crippen molar-refractivity contribution in [2.75, 3.05) is 0 Å². The summed E-state index contributed by atoms with van der Waals surface area (Å²) in [5.41, 5.74) is 4.06. The average Bonchev–Trinajstić information content (AvgIpc) is 2.63. The van der Waals surface area contributed by atoms with E-state index in [1.807, 2.05) is 17.4 Å². The van der Waals surface area contributed by atoms with Crippen molar-refractivity contribution in [2.45, 2.75) is 20.8 Å². The fourth-order valence-electron chi connectivity index (χ4n) is 1.99. The first-order valence-electron chi connectivity index (χ1n) is 5.47. The van der Waals surface area contributed by atoms with Crippen molar-refractivity contribution >= 4 is 33.6 Å². The van der Waals surface area contributed by atoms with Crippen LogP contribution in [0.3, 0.4) is 0 Å². The van der Waals surface area contributed by atoms with Crippen LogP contribution >= 0.6 is 11.3 Å². The van der Waals surface area contributed by atoms with Crippen molar-refractivity contribution in [3.8, 4) is 0 Å². The number of thiophene rings is 1. The number of rotatable bonds is 2. The number of hydrogen-bond acceptors (Lipinski definition) is 1. The fourth-order valence-corrected chi connectivity index (χ4v) is 3.09. The van der Waals surface area contributed by atoms with Gasteiger partial charge in [-0.05, 0) is 38.0 Å². The third kappa shape index (κ3) is 1.61. The maximum atomic E-state index is 3.90. The lowest BCUT2D eigenvalue weighted by molar-refractivity contribution is 1.38. The Morgan fingerprint density at radius 3 is 2.62 bits per heavy atom. The predicted molar refractivity (Wildman–Crippen MR) is 76.1 cm³/mol. The normalized spacial score (nSPS) is 11.4. The van der Waals surface area contributed by atoms with Crippen LogP contribution in [0.5, 0.6) is 0 Å². The average molecular weight is 228 g/mol. The molecule has 0 radical (unpaired) electrons. The molecule has 0 amide bonds. The Labute approximate surface area is 101 Å². The van der Waals surface area contributed by atoms with Gasteiger partial charge in [-0.25, -0.2) is 0 Å². The zero-order chi connectivity index (χ0) is 11.7. The highest BCUT2D eigenvalue weighted by molar-refractivity contribution is 7.20. The van der Waals surface area contributed by atoms with E-state index in [-0.39, 0.29) is 0 Å². The number of aryl methyl sites for hydroxylation is 2. The molecule has 1 aromatic heterocycles. The molecule has 0 aliphatic heterocycles. The minimum atomic E-state index is 1.27. The molecule has 1 heterocycles. The monoisotopic (exact) mass is 228 g/mol. The van der Waals surface area contributed by atoms with Crippen LogP contribution in [-0.2, 0) is 0 Å². The van der Waals surface area contributed by atoms with Crippen molar-refractivity contribution in [3.05, 3.63) is 46.4 Å². The van der Waals surface area contributed by atoms with Gasteiger partial charge < -0.3 is 0 Å². The highest BCUT2D eigenvalue weighted by Crippen LogP contribution is 2.36. The van der Waals surface area contributed by atoms with E-state index in [0.717, 1.165) is 0 Å². The van der Waals surface area contributed by atoms with Crippen molar-refractivity contribution in [2.24, 2.45) is 0 Å². The molecule has 82 valence electrons. The number of hydrogen-bond donors (Lipinski definition) is 0. The zero-order valence-corrected chi connectivity index (χ0v) is 10.8. The molecule has 0 aliphatic rings. The molecule has 16 heavy (non-hydrogen) atoms. The summed E-state index contributed by atoms with van der Waals surface area (Å²) in [4.78, 5) is 1.27. The van der Waals surface area contributed by atoms with Gasteiger partial charge in [0.15, 0.2) is 0 Å². The molecule has 0 saturated carbocycles. The van der Waals surface area contributed by atoms with Gasteiger partial charge in [0.1, 0.15) is 0 Å². The molecule has 0 N–H and O–H groups in total. The van der Waals surface area contributed by atoms with Crippen molar-refractivity contribution < 1.29 is 0 Å². The topological polar surface area (TPSA) is 0 Å². The Morgan fingerprint density at radius 1 is 1.25 bits per heavy atom. The lowest BCUT2D eigenvalue weighted by atomic mass is 10.0. The molecule has 1 aromatic carbocycles. The Balaban J connectivity index is 2.91. The quantitative estimate of drug-likeness (QED) is 0.663. The van der Waals surface area contributed by atoms with Crippen LogP contribution in [0.4, 0.5) is 0 Å². The molecule has 0 spiro atoms. The summed E-state index contributed by atoms with van der Waals surface area (Å²) in [5.74, 6) is 0. The maximum Gasteiger partial charge on any atom is 0.0358 e. The molecule has 2 rings (SSSR count). The summed E-state index contributed by atoms with van der Waals surface area (Å²) in [6, 6.07) is 4.41. The van der Waals surface area contributed by atoms with Crippen molar-refractivity contribution in [1.29, 1.82) is 0 Å². The standard InChI is InChI=1S/C15H16S/c1-5-7-12-13(6-2)16-14-9-8-10(3)11(4)15(12)14/h5-9H,2H2,1,3-4H3/b7-5-. The molecule has 0 atom stereocenters. The molecule has 1 heteroatoms. The molecule has 0 nitrogen and oxygen atoms in total. The summed E-state index contributed by atoms with van der Waals surface area (Å²) in [6.07, 6.45) is 6.23. The van der Waals surface area contributed by atoms with E-state index < -0.39 is 0 Å². The minimum Gasteiger partial charge on any atom is -0.135 e. The molecule has 0 saturated heterocycles. The van der Waals surface area contributed by atoms with E-state index in [1.54, 1.807) is 0 Å². The van der Waals surface area contributed by atoms with Gasteiger partial charge in [-0.3, -0.25) is 0 Å². The third-order valence-electron chi connectivity index (χ3n) is 2.97.